The number of sulfonamides is 1. The van der Waals surface area contributed by atoms with Crippen molar-refractivity contribution >= 4 is 21.6 Å². The number of benzene rings is 4. The van der Waals surface area contributed by atoms with E-state index in [1.807, 2.05) is 100 Å². The molecule has 0 radical (unpaired) electrons. The topological polar surface area (TPSA) is 66.5 Å². The molecule has 0 saturated heterocycles. The number of carbonyl (C=O) groups excluding carboxylic acids is 1. The lowest BCUT2D eigenvalue weighted by Crippen LogP contribution is -2.42. The molecule has 1 amide bonds. The van der Waals surface area contributed by atoms with Gasteiger partial charge in [0.2, 0.25) is 5.91 Å². The Morgan fingerprint density at radius 3 is 2.05 bits per heavy atom. The van der Waals surface area contributed by atoms with E-state index < -0.39 is 22.0 Å². The van der Waals surface area contributed by atoms with Crippen LogP contribution >= 0.6 is 0 Å². The van der Waals surface area contributed by atoms with Crippen LogP contribution in [0.5, 0.6) is 0 Å². The quantitative estimate of drug-likeness (QED) is 0.314. The molecule has 0 aliphatic carbocycles. The maximum Gasteiger partial charge on any atom is 0.264 e. The van der Waals surface area contributed by atoms with Crippen LogP contribution in [0.15, 0.2) is 102 Å². The van der Waals surface area contributed by atoms with E-state index >= 15 is 0 Å². The van der Waals surface area contributed by atoms with Gasteiger partial charge < -0.3 is 5.32 Å². The Labute approximate surface area is 219 Å². The molecule has 37 heavy (non-hydrogen) atoms. The van der Waals surface area contributed by atoms with E-state index in [4.69, 9.17) is 0 Å². The summed E-state index contributed by atoms with van der Waals surface area (Å²) < 4.78 is 29.0. The second-order valence-corrected chi connectivity index (χ2v) is 11.2. The molecule has 4 rings (SSSR count). The number of aryl methyl sites for hydroxylation is 4. The highest BCUT2D eigenvalue weighted by atomic mass is 32.2. The highest BCUT2D eigenvalue weighted by Crippen LogP contribution is 2.29. The third-order valence-corrected chi connectivity index (χ3v) is 8.24. The second-order valence-electron chi connectivity index (χ2n) is 9.38. The minimum absolute atomic E-state index is 0.144. The van der Waals surface area contributed by atoms with Gasteiger partial charge in [-0.25, -0.2) is 8.42 Å². The van der Waals surface area contributed by atoms with Gasteiger partial charge in [-0.3, -0.25) is 9.10 Å². The Balaban J connectivity index is 1.73. The fraction of sp³-hybridized carbons (Fsp3) is 0.194. The highest BCUT2D eigenvalue weighted by Gasteiger charge is 2.29. The van der Waals surface area contributed by atoms with Crippen LogP contribution in [0.1, 0.15) is 39.4 Å². The van der Waals surface area contributed by atoms with E-state index in [2.05, 4.69) is 5.32 Å². The zero-order chi connectivity index (χ0) is 26.6. The lowest BCUT2D eigenvalue weighted by molar-refractivity contribution is -0.120. The monoisotopic (exact) mass is 512 g/mol. The van der Waals surface area contributed by atoms with Gasteiger partial charge in [-0.2, -0.15) is 0 Å². The van der Waals surface area contributed by atoms with Crippen molar-refractivity contribution in [1.82, 2.24) is 5.32 Å². The zero-order valence-electron chi connectivity index (χ0n) is 21.6. The first-order valence-corrected chi connectivity index (χ1v) is 13.7. The molecule has 0 aromatic heterocycles. The van der Waals surface area contributed by atoms with Crippen LogP contribution in [0.2, 0.25) is 0 Å². The van der Waals surface area contributed by atoms with Gasteiger partial charge in [-0.05, 0) is 73.7 Å². The number of hydrogen-bond donors (Lipinski definition) is 1. The smallest absolute Gasteiger partial charge is 0.264 e. The molecule has 0 fully saturated rings. The van der Waals surface area contributed by atoms with Crippen molar-refractivity contribution in [2.75, 3.05) is 10.8 Å². The van der Waals surface area contributed by atoms with E-state index in [0.717, 1.165) is 33.4 Å². The molecule has 0 aliphatic heterocycles. The van der Waals surface area contributed by atoms with Crippen molar-refractivity contribution in [2.24, 2.45) is 0 Å². The molecule has 0 heterocycles. The van der Waals surface area contributed by atoms with E-state index in [0.29, 0.717) is 5.69 Å². The molecule has 0 unspecified atom stereocenters. The van der Waals surface area contributed by atoms with Gasteiger partial charge in [0, 0.05) is 0 Å². The molecule has 6 heteroatoms. The number of nitrogens with one attached hydrogen (secondary N) is 1. The number of anilines is 1. The maximum absolute atomic E-state index is 13.9. The lowest BCUT2D eigenvalue weighted by Gasteiger charge is -2.28. The summed E-state index contributed by atoms with van der Waals surface area (Å²) in [4.78, 5) is 13.8. The molecule has 190 valence electrons. The van der Waals surface area contributed by atoms with E-state index in [1.165, 1.54) is 4.31 Å². The van der Waals surface area contributed by atoms with Crippen molar-refractivity contribution in [3.05, 3.63) is 130 Å². The van der Waals surface area contributed by atoms with Crippen LogP contribution in [0, 0.1) is 27.7 Å². The molecule has 0 bridgehead atoms. The lowest BCUT2D eigenvalue weighted by atomic mass is 9.95. The molecule has 0 aliphatic rings. The van der Waals surface area contributed by atoms with Gasteiger partial charge in [-0.1, -0.05) is 84.4 Å². The summed E-state index contributed by atoms with van der Waals surface area (Å²) in [6.45, 7) is 7.31. The Morgan fingerprint density at radius 1 is 0.757 bits per heavy atom. The van der Waals surface area contributed by atoms with Crippen molar-refractivity contribution in [2.45, 2.75) is 38.6 Å². The number of hydrogen-bond acceptors (Lipinski definition) is 3. The predicted molar refractivity (Wildman–Crippen MR) is 149 cm³/mol. The van der Waals surface area contributed by atoms with E-state index in [-0.39, 0.29) is 11.4 Å². The van der Waals surface area contributed by atoms with Gasteiger partial charge in [0.05, 0.1) is 16.6 Å². The molecule has 4 aromatic carbocycles. The van der Waals surface area contributed by atoms with Crippen LogP contribution in [0.25, 0.3) is 0 Å². The van der Waals surface area contributed by atoms with E-state index in [9.17, 15) is 13.2 Å². The number of rotatable bonds is 8. The maximum atomic E-state index is 13.9. The summed E-state index contributed by atoms with van der Waals surface area (Å²) in [5.41, 5.74) is 6.04. The van der Waals surface area contributed by atoms with Crippen LogP contribution in [-0.4, -0.2) is 20.9 Å². The first-order chi connectivity index (χ1) is 17.7. The van der Waals surface area contributed by atoms with Crippen molar-refractivity contribution in [3.63, 3.8) is 0 Å². The Kier molecular flexibility index (Phi) is 7.79. The molecule has 0 saturated carbocycles. The van der Waals surface area contributed by atoms with Crippen LogP contribution in [0.3, 0.4) is 0 Å². The van der Waals surface area contributed by atoms with Crippen LogP contribution in [0.4, 0.5) is 5.69 Å². The molecule has 0 spiro atoms. The molecular weight excluding hydrogens is 480 g/mol. The predicted octanol–water partition coefficient (Wildman–Crippen LogP) is 6.02. The first-order valence-electron chi connectivity index (χ1n) is 12.2. The van der Waals surface area contributed by atoms with Gasteiger partial charge in [-0.15, -0.1) is 0 Å². The Hall–Kier alpha value is -3.90. The molecule has 5 nitrogen and oxygen atoms in total. The van der Waals surface area contributed by atoms with Crippen molar-refractivity contribution < 1.29 is 13.2 Å². The van der Waals surface area contributed by atoms with Crippen LogP contribution < -0.4 is 9.62 Å². The van der Waals surface area contributed by atoms with Gasteiger partial charge in [0.1, 0.15) is 6.54 Å². The average Bonchev–Trinajstić information content (AvgIpc) is 2.88. The summed E-state index contributed by atoms with van der Waals surface area (Å²) in [5, 5.41) is 3.11. The van der Waals surface area contributed by atoms with Crippen LogP contribution in [-0.2, 0) is 14.8 Å². The van der Waals surface area contributed by atoms with Gasteiger partial charge >= 0.3 is 0 Å². The average molecular weight is 513 g/mol. The fourth-order valence-electron chi connectivity index (χ4n) is 4.36. The number of carbonyl (C=O) groups is 1. The van der Waals surface area contributed by atoms with Crippen molar-refractivity contribution in [1.29, 1.82) is 0 Å². The first kappa shape index (κ1) is 26.2. The molecule has 1 N–H and O–H groups in total. The largest absolute Gasteiger partial charge is 0.344 e. The number of amides is 1. The second kappa shape index (κ2) is 11.0. The zero-order valence-corrected chi connectivity index (χ0v) is 22.4. The number of nitrogens with zero attached hydrogens (tertiary/aromatic N) is 1. The summed E-state index contributed by atoms with van der Waals surface area (Å²) >= 11 is 0. The third-order valence-electron chi connectivity index (χ3n) is 6.47. The normalized spacial score (nSPS) is 12.1. The highest BCUT2D eigenvalue weighted by molar-refractivity contribution is 7.92. The molecule has 4 aromatic rings. The van der Waals surface area contributed by atoms with Gasteiger partial charge in [0.15, 0.2) is 0 Å². The summed E-state index contributed by atoms with van der Waals surface area (Å²) in [5.74, 6) is -0.395. The fourth-order valence-corrected chi connectivity index (χ4v) is 5.84. The Bertz CT molecular complexity index is 1500. The minimum Gasteiger partial charge on any atom is -0.344 e. The SMILES string of the molecule is Cc1ccc(S(=O)(=O)N(CC(=O)N[C@@H](c2ccccc2)c2ccccc2C)c2cc(C)ccc2C)cc1. The van der Waals surface area contributed by atoms with E-state index in [1.54, 1.807) is 24.3 Å². The summed E-state index contributed by atoms with van der Waals surface area (Å²) in [7, 11) is -4.01. The summed E-state index contributed by atoms with van der Waals surface area (Å²) in [6.07, 6.45) is 0. The molecule has 1 atom stereocenters. The van der Waals surface area contributed by atoms with Crippen molar-refractivity contribution in [3.8, 4) is 0 Å². The third kappa shape index (κ3) is 5.92. The Morgan fingerprint density at radius 2 is 1.38 bits per heavy atom. The summed E-state index contributed by atoms with van der Waals surface area (Å²) in [6, 6.07) is 29.5. The standard InChI is InChI=1S/C31H32N2O3S/c1-22-15-18-27(19-16-22)37(35,36)33(29-20-23(2)14-17-25(29)4)21-30(34)32-31(26-11-6-5-7-12-26)28-13-9-8-10-24(28)3/h5-20,31H,21H2,1-4H3,(H,32,34)/t31-/m0/s1. The molecular formula is C31H32N2O3S. The minimum atomic E-state index is -4.01. The van der Waals surface area contributed by atoms with Gasteiger partial charge in [0.25, 0.3) is 10.0 Å².